The minimum absolute atomic E-state index is 0.0988. The molecule has 0 aromatic heterocycles. The molecular weight excluding hydrogens is 269 g/mol. The summed E-state index contributed by atoms with van der Waals surface area (Å²) in [7, 11) is 0. The van der Waals surface area contributed by atoms with Crippen molar-refractivity contribution >= 4 is 17.7 Å². The van der Waals surface area contributed by atoms with E-state index in [1.165, 1.54) is 6.07 Å². The molecule has 0 saturated carbocycles. The number of alkyl halides is 3. The predicted octanol–water partition coefficient (Wildman–Crippen LogP) is 3.32. The van der Waals surface area contributed by atoms with Crippen LogP contribution < -0.4 is 0 Å². The second-order valence-electron chi connectivity index (χ2n) is 3.42. The van der Waals surface area contributed by atoms with Gasteiger partial charge < -0.3 is 5.11 Å². The van der Waals surface area contributed by atoms with Gasteiger partial charge in [-0.15, -0.1) is 24.9 Å². The molecule has 3 nitrogen and oxygen atoms in total. The maximum absolute atomic E-state index is 11.7. The molecular formula is C11H11F3O3S. The second kappa shape index (κ2) is 6.10. The quantitative estimate of drug-likeness (QED) is 0.664. The van der Waals surface area contributed by atoms with E-state index in [1.807, 2.05) is 0 Å². The third kappa shape index (κ3) is 4.97. The largest absolute Gasteiger partial charge is 0.522 e. The van der Waals surface area contributed by atoms with Crippen LogP contribution in [-0.2, 0) is 4.74 Å². The molecule has 7 heteroatoms. The number of carboxylic acid groups (broad SMARTS) is 1. The fourth-order valence-electron chi connectivity index (χ4n) is 1.24. The summed E-state index contributed by atoms with van der Waals surface area (Å²) in [6, 6.07) is 4.73. The Morgan fingerprint density at radius 1 is 1.44 bits per heavy atom. The number of rotatable bonds is 5. The fourth-order valence-corrected chi connectivity index (χ4v) is 2.01. The highest BCUT2D eigenvalue weighted by atomic mass is 32.2. The number of aromatic carboxylic acids is 1. The highest BCUT2D eigenvalue weighted by molar-refractivity contribution is 7.99. The highest BCUT2D eigenvalue weighted by Crippen LogP contribution is 2.23. The molecule has 0 aliphatic rings. The topological polar surface area (TPSA) is 46.5 Å². The van der Waals surface area contributed by atoms with Gasteiger partial charge in [-0.1, -0.05) is 6.07 Å². The Morgan fingerprint density at radius 2 is 2.11 bits per heavy atom. The Kier molecular flexibility index (Phi) is 5.03. The zero-order valence-electron chi connectivity index (χ0n) is 9.45. The molecule has 1 aromatic carbocycles. The van der Waals surface area contributed by atoms with Crippen LogP contribution in [-0.4, -0.2) is 29.8 Å². The molecule has 0 heterocycles. The van der Waals surface area contributed by atoms with Gasteiger partial charge in [0, 0.05) is 10.6 Å². The summed E-state index contributed by atoms with van der Waals surface area (Å²) >= 11 is 1.11. The van der Waals surface area contributed by atoms with Gasteiger partial charge in [-0.3, -0.25) is 4.74 Å². The van der Waals surface area contributed by atoms with E-state index in [0.717, 1.165) is 11.8 Å². The predicted molar refractivity (Wildman–Crippen MR) is 60.9 cm³/mol. The van der Waals surface area contributed by atoms with E-state index in [-0.39, 0.29) is 11.3 Å². The molecule has 1 rings (SSSR count). The van der Waals surface area contributed by atoms with E-state index < -0.39 is 18.9 Å². The Bertz CT molecular complexity index is 432. The van der Waals surface area contributed by atoms with Crippen molar-refractivity contribution in [3.8, 4) is 0 Å². The SMILES string of the molecule is Cc1ccc(SCCOC(F)(F)F)cc1C(=O)O. The van der Waals surface area contributed by atoms with Gasteiger partial charge in [-0.05, 0) is 24.6 Å². The minimum Gasteiger partial charge on any atom is -0.478 e. The lowest BCUT2D eigenvalue weighted by Crippen LogP contribution is -2.15. The first-order chi connectivity index (χ1) is 8.29. The maximum atomic E-state index is 11.7. The van der Waals surface area contributed by atoms with Crippen molar-refractivity contribution in [2.75, 3.05) is 12.4 Å². The van der Waals surface area contributed by atoms with Crippen LogP contribution in [0.15, 0.2) is 23.1 Å². The van der Waals surface area contributed by atoms with Gasteiger partial charge in [-0.2, -0.15) is 0 Å². The van der Waals surface area contributed by atoms with Crippen molar-refractivity contribution in [1.82, 2.24) is 0 Å². The molecule has 0 atom stereocenters. The van der Waals surface area contributed by atoms with Gasteiger partial charge >= 0.3 is 12.3 Å². The Morgan fingerprint density at radius 3 is 2.67 bits per heavy atom. The number of carbonyl (C=O) groups is 1. The van der Waals surface area contributed by atoms with Crippen molar-refractivity contribution in [1.29, 1.82) is 0 Å². The number of benzene rings is 1. The Hall–Kier alpha value is -1.21. The zero-order valence-corrected chi connectivity index (χ0v) is 10.3. The van der Waals surface area contributed by atoms with Crippen molar-refractivity contribution in [3.63, 3.8) is 0 Å². The van der Waals surface area contributed by atoms with Gasteiger partial charge in [-0.25, -0.2) is 4.79 Å². The van der Waals surface area contributed by atoms with Crippen LogP contribution in [0.5, 0.6) is 0 Å². The van der Waals surface area contributed by atoms with Crippen molar-refractivity contribution in [2.24, 2.45) is 0 Å². The summed E-state index contributed by atoms with van der Waals surface area (Å²) in [5.41, 5.74) is 0.759. The molecule has 0 amide bonds. The lowest BCUT2D eigenvalue weighted by atomic mass is 10.1. The van der Waals surface area contributed by atoms with Gasteiger partial charge in [0.1, 0.15) is 0 Å². The van der Waals surface area contributed by atoms with Crippen molar-refractivity contribution in [2.45, 2.75) is 18.2 Å². The molecule has 0 spiro atoms. The molecule has 0 aliphatic heterocycles. The molecule has 0 bridgehead atoms. The maximum Gasteiger partial charge on any atom is 0.522 e. The molecule has 0 saturated heterocycles. The third-order valence-corrected chi connectivity index (χ3v) is 3.02. The first kappa shape index (κ1) is 14.8. The van der Waals surface area contributed by atoms with Gasteiger partial charge in [0.2, 0.25) is 0 Å². The number of hydrogen-bond donors (Lipinski definition) is 1. The van der Waals surface area contributed by atoms with E-state index in [1.54, 1.807) is 19.1 Å². The van der Waals surface area contributed by atoms with Crippen LogP contribution in [0, 0.1) is 6.92 Å². The van der Waals surface area contributed by atoms with E-state index in [4.69, 9.17) is 5.11 Å². The van der Waals surface area contributed by atoms with Gasteiger partial charge in [0.25, 0.3) is 0 Å². The van der Waals surface area contributed by atoms with Crippen LogP contribution in [0.4, 0.5) is 13.2 Å². The number of halogens is 3. The highest BCUT2D eigenvalue weighted by Gasteiger charge is 2.28. The molecule has 0 aliphatic carbocycles. The van der Waals surface area contributed by atoms with Crippen molar-refractivity contribution in [3.05, 3.63) is 29.3 Å². The number of carboxylic acids is 1. The normalized spacial score (nSPS) is 11.6. The first-order valence-electron chi connectivity index (χ1n) is 4.97. The third-order valence-electron chi connectivity index (χ3n) is 2.06. The minimum atomic E-state index is -4.62. The van der Waals surface area contributed by atoms with E-state index in [0.29, 0.717) is 10.5 Å². The van der Waals surface area contributed by atoms with Gasteiger partial charge in [0.05, 0.1) is 12.2 Å². The van der Waals surface area contributed by atoms with Gasteiger partial charge in [0.15, 0.2) is 0 Å². The Balaban J connectivity index is 2.53. The average Bonchev–Trinajstić information content (AvgIpc) is 2.24. The fraction of sp³-hybridized carbons (Fsp3) is 0.364. The first-order valence-corrected chi connectivity index (χ1v) is 5.95. The molecule has 0 unspecified atom stereocenters. The summed E-state index contributed by atoms with van der Waals surface area (Å²) in [5.74, 6) is -0.955. The summed E-state index contributed by atoms with van der Waals surface area (Å²) < 4.78 is 38.7. The summed E-state index contributed by atoms with van der Waals surface area (Å²) in [5, 5.41) is 8.89. The summed E-state index contributed by atoms with van der Waals surface area (Å²) in [6.07, 6.45) is -4.62. The van der Waals surface area contributed by atoms with E-state index in [9.17, 15) is 18.0 Å². The molecule has 18 heavy (non-hydrogen) atoms. The number of hydrogen-bond acceptors (Lipinski definition) is 3. The molecule has 1 N–H and O–H groups in total. The number of aryl methyl sites for hydroxylation is 1. The second-order valence-corrected chi connectivity index (χ2v) is 4.59. The van der Waals surface area contributed by atoms with Crippen LogP contribution in [0.1, 0.15) is 15.9 Å². The molecule has 0 fully saturated rings. The van der Waals surface area contributed by atoms with Crippen LogP contribution in [0.2, 0.25) is 0 Å². The lowest BCUT2D eigenvalue weighted by Gasteiger charge is -2.08. The molecule has 0 radical (unpaired) electrons. The number of ether oxygens (including phenoxy) is 1. The van der Waals surface area contributed by atoms with Crippen molar-refractivity contribution < 1.29 is 27.8 Å². The Labute approximate surface area is 106 Å². The van der Waals surface area contributed by atoms with Crippen LogP contribution in [0.25, 0.3) is 0 Å². The van der Waals surface area contributed by atoms with E-state index >= 15 is 0 Å². The monoisotopic (exact) mass is 280 g/mol. The average molecular weight is 280 g/mol. The van der Waals surface area contributed by atoms with Crippen LogP contribution in [0.3, 0.4) is 0 Å². The standard InChI is InChI=1S/C11H11F3O3S/c1-7-2-3-8(6-9(7)10(15)16)18-5-4-17-11(12,13)14/h2-3,6H,4-5H2,1H3,(H,15,16). The summed E-state index contributed by atoms with van der Waals surface area (Å²) in [4.78, 5) is 11.5. The summed E-state index contributed by atoms with van der Waals surface area (Å²) in [6.45, 7) is 1.19. The zero-order chi connectivity index (χ0) is 13.8. The number of thioether (sulfide) groups is 1. The smallest absolute Gasteiger partial charge is 0.478 e. The molecule has 1 aromatic rings. The van der Waals surface area contributed by atoms with E-state index in [2.05, 4.69) is 4.74 Å². The van der Waals surface area contributed by atoms with Crippen LogP contribution >= 0.6 is 11.8 Å². The molecule has 100 valence electrons. The lowest BCUT2D eigenvalue weighted by molar-refractivity contribution is -0.322.